The molecule has 5 rings (SSSR count). The summed E-state index contributed by atoms with van der Waals surface area (Å²) >= 11 is 0. The number of likely N-dealkylation sites (tertiary alicyclic amines) is 1. The van der Waals surface area contributed by atoms with Crippen LogP contribution in [0.4, 0.5) is 0 Å². The number of carbonyl (C=O) groups is 1. The van der Waals surface area contributed by atoms with Crippen molar-refractivity contribution in [3.63, 3.8) is 0 Å². The van der Waals surface area contributed by atoms with Crippen LogP contribution in [0.15, 0.2) is 36.7 Å². The molecule has 2 fully saturated rings. The zero-order chi connectivity index (χ0) is 21.2. The van der Waals surface area contributed by atoms with Crippen molar-refractivity contribution >= 4 is 16.6 Å². The standard InChI is InChI=1S/C25H30N4O2/c1-28-23(17-29-9-3-2-4-10-29)22(16-27-28)18-7-8-19-15-26-21(13-20(19)12-18)14-24(30)25-6-5-11-31-25/h7-8,12-13,15-16,25H,2-6,9-11,14,17H2,1H3/t25-/m1/s1. The number of hydrogen-bond acceptors (Lipinski definition) is 5. The lowest BCUT2D eigenvalue weighted by atomic mass is 10.0. The third-order valence-electron chi connectivity index (χ3n) is 6.62. The van der Waals surface area contributed by atoms with Crippen molar-refractivity contribution in [1.82, 2.24) is 19.7 Å². The third kappa shape index (κ3) is 4.41. The number of piperidine rings is 1. The molecule has 2 aliphatic heterocycles. The van der Waals surface area contributed by atoms with E-state index in [1.807, 2.05) is 30.2 Å². The third-order valence-corrected chi connectivity index (χ3v) is 6.62. The molecule has 2 aromatic heterocycles. The minimum atomic E-state index is -0.253. The first-order valence-electron chi connectivity index (χ1n) is 11.4. The van der Waals surface area contributed by atoms with Crippen LogP contribution in [-0.4, -0.2) is 51.2 Å². The molecule has 3 aromatic rings. The number of ether oxygens (including phenoxy) is 1. The van der Waals surface area contributed by atoms with Crippen molar-refractivity contribution in [2.45, 2.75) is 51.2 Å². The Bertz CT molecular complexity index is 1080. The van der Waals surface area contributed by atoms with Gasteiger partial charge in [-0.05, 0) is 61.9 Å². The number of fused-ring (bicyclic) bond motifs is 1. The highest BCUT2D eigenvalue weighted by molar-refractivity contribution is 5.89. The van der Waals surface area contributed by atoms with Crippen LogP contribution < -0.4 is 0 Å². The first kappa shape index (κ1) is 20.3. The zero-order valence-electron chi connectivity index (χ0n) is 18.2. The minimum absolute atomic E-state index is 0.136. The Morgan fingerprint density at radius 1 is 1.10 bits per heavy atom. The highest BCUT2D eigenvalue weighted by Crippen LogP contribution is 2.29. The van der Waals surface area contributed by atoms with Gasteiger partial charge in [-0.15, -0.1) is 0 Å². The van der Waals surface area contributed by atoms with Crippen molar-refractivity contribution < 1.29 is 9.53 Å². The molecular formula is C25H30N4O2. The molecule has 0 radical (unpaired) electrons. The first-order chi connectivity index (χ1) is 15.2. The van der Waals surface area contributed by atoms with Gasteiger partial charge in [-0.3, -0.25) is 19.4 Å². The number of aromatic nitrogens is 3. The number of hydrogen-bond donors (Lipinski definition) is 0. The summed E-state index contributed by atoms with van der Waals surface area (Å²) in [5, 5.41) is 6.75. The van der Waals surface area contributed by atoms with E-state index in [1.165, 1.54) is 30.5 Å². The van der Waals surface area contributed by atoms with Crippen LogP contribution in [0.3, 0.4) is 0 Å². The lowest BCUT2D eigenvalue weighted by molar-refractivity contribution is -0.127. The molecule has 0 unspecified atom stereocenters. The van der Waals surface area contributed by atoms with Gasteiger partial charge in [0.05, 0.1) is 18.3 Å². The van der Waals surface area contributed by atoms with Crippen LogP contribution in [0.5, 0.6) is 0 Å². The molecule has 0 amide bonds. The van der Waals surface area contributed by atoms with Gasteiger partial charge in [0, 0.05) is 43.0 Å². The molecule has 6 nitrogen and oxygen atoms in total. The Kier molecular flexibility index (Phi) is 5.83. The molecular weight excluding hydrogens is 388 g/mol. The highest BCUT2D eigenvalue weighted by atomic mass is 16.5. The largest absolute Gasteiger partial charge is 0.370 e. The first-order valence-corrected chi connectivity index (χ1v) is 11.4. The van der Waals surface area contributed by atoms with Crippen molar-refractivity contribution in [3.05, 3.63) is 48.0 Å². The van der Waals surface area contributed by atoms with Gasteiger partial charge in [0.1, 0.15) is 6.10 Å². The number of pyridine rings is 1. The van der Waals surface area contributed by atoms with E-state index in [4.69, 9.17) is 4.74 Å². The summed E-state index contributed by atoms with van der Waals surface area (Å²) in [5.74, 6) is 0.136. The van der Waals surface area contributed by atoms with Crippen LogP contribution in [-0.2, 0) is 29.5 Å². The second-order valence-electron chi connectivity index (χ2n) is 8.85. The number of Topliss-reactive ketones (excluding diaryl/α,β-unsaturated/α-hetero) is 1. The molecule has 0 spiro atoms. The topological polar surface area (TPSA) is 60.3 Å². The summed E-state index contributed by atoms with van der Waals surface area (Å²) in [6, 6.07) is 8.51. The molecule has 2 aliphatic rings. The van der Waals surface area contributed by atoms with Gasteiger partial charge >= 0.3 is 0 Å². The summed E-state index contributed by atoms with van der Waals surface area (Å²) in [6.07, 6.45) is 9.62. The molecule has 1 atom stereocenters. The number of benzene rings is 1. The van der Waals surface area contributed by atoms with Gasteiger partial charge in [0.2, 0.25) is 0 Å². The molecule has 2 saturated heterocycles. The minimum Gasteiger partial charge on any atom is -0.370 e. The monoisotopic (exact) mass is 418 g/mol. The predicted octanol–water partition coefficient (Wildman–Crippen LogP) is 3.91. The fraction of sp³-hybridized carbons (Fsp3) is 0.480. The van der Waals surface area contributed by atoms with Gasteiger partial charge in [-0.1, -0.05) is 18.6 Å². The molecule has 0 saturated carbocycles. The van der Waals surface area contributed by atoms with Crippen LogP contribution in [0.2, 0.25) is 0 Å². The van der Waals surface area contributed by atoms with E-state index in [1.54, 1.807) is 0 Å². The van der Waals surface area contributed by atoms with Gasteiger partial charge in [-0.25, -0.2) is 0 Å². The van der Waals surface area contributed by atoms with Crippen molar-refractivity contribution in [2.24, 2.45) is 7.05 Å². The highest BCUT2D eigenvalue weighted by Gasteiger charge is 2.24. The van der Waals surface area contributed by atoms with E-state index in [9.17, 15) is 4.79 Å². The fourth-order valence-electron chi connectivity index (χ4n) is 4.80. The number of carbonyl (C=O) groups excluding carboxylic acids is 1. The van der Waals surface area contributed by atoms with E-state index >= 15 is 0 Å². The normalized spacial score (nSPS) is 19.8. The predicted molar refractivity (Wildman–Crippen MR) is 121 cm³/mol. The maximum atomic E-state index is 12.5. The Hall–Kier alpha value is -2.57. The van der Waals surface area contributed by atoms with Gasteiger partial charge in [0.25, 0.3) is 0 Å². The average Bonchev–Trinajstić information content (AvgIpc) is 3.45. The maximum absolute atomic E-state index is 12.5. The molecule has 0 bridgehead atoms. The Morgan fingerprint density at radius 3 is 2.77 bits per heavy atom. The number of ketones is 1. The molecule has 6 heteroatoms. The SMILES string of the molecule is Cn1ncc(-c2ccc3cnc(CC(=O)[C@H]4CCCO4)cc3c2)c1CN1CCCCC1. The quantitative estimate of drug-likeness (QED) is 0.607. The number of aryl methyl sites for hydroxylation is 1. The van der Waals surface area contributed by atoms with Gasteiger partial charge in [0.15, 0.2) is 5.78 Å². The summed E-state index contributed by atoms with van der Waals surface area (Å²) in [6.45, 7) is 3.95. The lowest BCUT2D eigenvalue weighted by Crippen LogP contribution is -2.30. The van der Waals surface area contributed by atoms with Gasteiger partial charge < -0.3 is 4.74 Å². The smallest absolute Gasteiger partial charge is 0.167 e. The van der Waals surface area contributed by atoms with Crippen LogP contribution in [0, 0.1) is 0 Å². The number of rotatable bonds is 6. The second-order valence-corrected chi connectivity index (χ2v) is 8.85. The summed E-state index contributed by atoms with van der Waals surface area (Å²) in [4.78, 5) is 19.5. The van der Waals surface area contributed by atoms with Crippen LogP contribution in [0.25, 0.3) is 21.9 Å². The van der Waals surface area contributed by atoms with Crippen LogP contribution >= 0.6 is 0 Å². The van der Waals surface area contributed by atoms with E-state index in [-0.39, 0.29) is 11.9 Å². The van der Waals surface area contributed by atoms with E-state index in [0.717, 1.165) is 54.5 Å². The summed E-state index contributed by atoms with van der Waals surface area (Å²) in [5.41, 5.74) is 4.41. The molecule has 162 valence electrons. The van der Waals surface area contributed by atoms with Crippen LogP contribution in [0.1, 0.15) is 43.5 Å². The average molecular weight is 419 g/mol. The van der Waals surface area contributed by atoms with Gasteiger partial charge in [-0.2, -0.15) is 5.10 Å². The van der Waals surface area contributed by atoms with E-state index < -0.39 is 0 Å². The van der Waals surface area contributed by atoms with E-state index in [2.05, 4.69) is 33.2 Å². The molecule has 1 aromatic carbocycles. The maximum Gasteiger partial charge on any atom is 0.167 e. The molecule has 4 heterocycles. The van der Waals surface area contributed by atoms with Crippen molar-refractivity contribution in [2.75, 3.05) is 19.7 Å². The molecule has 0 aliphatic carbocycles. The van der Waals surface area contributed by atoms with Crippen molar-refractivity contribution in [3.8, 4) is 11.1 Å². The number of nitrogens with zero attached hydrogens (tertiary/aromatic N) is 4. The Balaban J connectivity index is 1.41. The lowest BCUT2D eigenvalue weighted by Gasteiger charge is -2.26. The second kappa shape index (κ2) is 8.89. The Labute approximate surface area is 183 Å². The Morgan fingerprint density at radius 2 is 1.97 bits per heavy atom. The van der Waals surface area contributed by atoms with Crippen molar-refractivity contribution in [1.29, 1.82) is 0 Å². The molecule has 31 heavy (non-hydrogen) atoms. The summed E-state index contributed by atoms with van der Waals surface area (Å²) < 4.78 is 7.54. The molecule has 0 N–H and O–H groups in total. The fourth-order valence-corrected chi connectivity index (χ4v) is 4.80. The zero-order valence-corrected chi connectivity index (χ0v) is 18.2. The summed E-state index contributed by atoms with van der Waals surface area (Å²) in [7, 11) is 2.03. The van der Waals surface area contributed by atoms with E-state index in [0.29, 0.717) is 13.0 Å².